The quantitative estimate of drug-likeness (QED) is 0.822. The van der Waals surface area contributed by atoms with E-state index in [1.54, 1.807) is 7.11 Å². The first-order chi connectivity index (χ1) is 7.66. The molecule has 0 radical (unpaired) electrons. The summed E-state index contributed by atoms with van der Waals surface area (Å²) in [4.78, 5) is 0. The zero-order chi connectivity index (χ0) is 11.6. The van der Waals surface area contributed by atoms with Gasteiger partial charge in [0.1, 0.15) is 5.75 Å². The summed E-state index contributed by atoms with van der Waals surface area (Å²) < 4.78 is 5.18. The van der Waals surface area contributed by atoms with Crippen molar-refractivity contribution < 1.29 is 4.74 Å². The van der Waals surface area contributed by atoms with Crippen LogP contribution in [-0.2, 0) is 5.41 Å². The Morgan fingerprint density at radius 2 is 1.88 bits per heavy atom. The van der Waals surface area contributed by atoms with Gasteiger partial charge in [-0.15, -0.1) is 0 Å². The molecule has 0 unspecified atom stereocenters. The molecule has 1 fully saturated rings. The summed E-state index contributed by atoms with van der Waals surface area (Å²) >= 11 is 0. The van der Waals surface area contributed by atoms with Gasteiger partial charge in [0, 0.05) is 18.0 Å². The van der Waals surface area contributed by atoms with Gasteiger partial charge < -0.3 is 10.1 Å². The normalized spacial score (nSPS) is 17.5. The third-order valence-corrected chi connectivity index (χ3v) is 3.40. The Balaban J connectivity index is 2.05. The summed E-state index contributed by atoms with van der Waals surface area (Å²) in [6.07, 6.45) is 2.61. The molecule has 1 aliphatic rings. The molecular formula is C14H21NO. The highest BCUT2D eigenvalue weighted by Crippen LogP contribution is 2.47. The first-order valence-electron chi connectivity index (χ1n) is 6.04. The number of methoxy groups -OCH3 is 1. The fourth-order valence-electron chi connectivity index (χ4n) is 2.06. The maximum Gasteiger partial charge on any atom is 0.118 e. The van der Waals surface area contributed by atoms with E-state index in [-0.39, 0.29) is 0 Å². The average molecular weight is 219 g/mol. The van der Waals surface area contributed by atoms with E-state index in [1.807, 2.05) is 0 Å². The molecule has 0 amide bonds. The summed E-state index contributed by atoms with van der Waals surface area (Å²) in [6.45, 7) is 5.49. The zero-order valence-corrected chi connectivity index (χ0v) is 10.4. The number of hydrogen-bond donors (Lipinski definition) is 1. The molecule has 0 saturated heterocycles. The Hall–Kier alpha value is -1.02. The van der Waals surface area contributed by atoms with Gasteiger partial charge in [-0.2, -0.15) is 0 Å². The molecule has 0 aromatic heterocycles. The maximum absolute atomic E-state index is 5.18. The monoisotopic (exact) mass is 219 g/mol. The van der Waals surface area contributed by atoms with E-state index < -0.39 is 0 Å². The highest BCUT2D eigenvalue weighted by molar-refractivity contribution is 5.36. The van der Waals surface area contributed by atoms with Crippen LogP contribution in [0.5, 0.6) is 5.75 Å². The Labute approximate surface area is 98.0 Å². The van der Waals surface area contributed by atoms with Crippen molar-refractivity contribution in [3.63, 3.8) is 0 Å². The van der Waals surface area contributed by atoms with Crippen molar-refractivity contribution >= 4 is 0 Å². The minimum atomic E-state index is 0.399. The van der Waals surface area contributed by atoms with E-state index in [4.69, 9.17) is 4.74 Å². The van der Waals surface area contributed by atoms with Crippen molar-refractivity contribution in [1.82, 2.24) is 5.32 Å². The highest BCUT2D eigenvalue weighted by atomic mass is 16.5. The number of nitrogens with one attached hydrogen (secondary N) is 1. The molecule has 1 N–H and O–H groups in total. The Kier molecular flexibility index (Phi) is 3.20. The number of ether oxygens (including phenoxy) is 1. The van der Waals surface area contributed by atoms with Crippen molar-refractivity contribution in [2.45, 2.75) is 38.1 Å². The second-order valence-electron chi connectivity index (χ2n) is 5.04. The fraction of sp³-hybridized carbons (Fsp3) is 0.571. The average Bonchev–Trinajstić information content (AvgIpc) is 3.08. The third-order valence-electron chi connectivity index (χ3n) is 3.40. The van der Waals surface area contributed by atoms with Crippen molar-refractivity contribution in [3.05, 3.63) is 29.8 Å². The Morgan fingerprint density at radius 3 is 2.31 bits per heavy atom. The molecule has 1 aromatic rings. The van der Waals surface area contributed by atoms with Gasteiger partial charge in [0.2, 0.25) is 0 Å². The van der Waals surface area contributed by atoms with Crippen LogP contribution in [0.15, 0.2) is 24.3 Å². The summed E-state index contributed by atoms with van der Waals surface area (Å²) in [5, 5.41) is 3.54. The summed E-state index contributed by atoms with van der Waals surface area (Å²) in [5.74, 6) is 0.941. The standard InChI is InChI=1S/C14H21NO/c1-11(2)15-10-14(8-9-14)12-4-6-13(16-3)7-5-12/h4-7,11,15H,8-10H2,1-3H3. The van der Waals surface area contributed by atoms with Gasteiger partial charge in [-0.05, 0) is 30.5 Å². The van der Waals surface area contributed by atoms with Crippen LogP contribution in [0.2, 0.25) is 0 Å². The van der Waals surface area contributed by atoms with Gasteiger partial charge in [0.15, 0.2) is 0 Å². The van der Waals surface area contributed by atoms with Gasteiger partial charge in [0.25, 0.3) is 0 Å². The molecule has 16 heavy (non-hydrogen) atoms. The van der Waals surface area contributed by atoms with Gasteiger partial charge in [-0.25, -0.2) is 0 Å². The zero-order valence-electron chi connectivity index (χ0n) is 10.4. The van der Waals surface area contributed by atoms with Crippen LogP contribution in [-0.4, -0.2) is 19.7 Å². The third kappa shape index (κ3) is 2.38. The lowest BCUT2D eigenvalue weighted by Crippen LogP contribution is -2.31. The molecule has 2 rings (SSSR count). The van der Waals surface area contributed by atoms with Crippen molar-refractivity contribution in [1.29, 1.82) is 0 Å². The largest absolute Gasteiger partial charge is 0.497 e. The molecule has 1 saturated carbocycles. The van der Waals surface area contributed by atoms with Crippen LogP contribution >= 0.6 is 0 Å². The predicted molar refractivity (Wildman–Crippen MR) is 67.0 cm³/mol. The molecule has 2 nitrogen and oxygen atoms in total. The van der Waals surface area contributed by atoms with Crippen LogP contribution in [0.25, 0.3) is 0 Å². The van der Waals surface area contributed by atoms with Crippen LogP contribution in [0.3, 0.4) is 0 Å². The molecule has 2 heteroatoms. The summed E-state index contributed by atoms with van der Waals surface area (Å²) in [5.41, 5.74) is 1.85. The highest BCUT2D eigenvalue weighted by Gasteiger charge is 2.43. The summed E-state index contributed by atoms with van der Waals surface area (Å²) in [6, 6.07) is 9.09. The van der Waals surface area contributed by atoms with Crippen LogP contribution in [0.1, 0.15) is 32.3 Å². The maximum atomic E-state index is 5.18. The second kappa shape index (κ2) is 4.46. The lowest BCUT2D eigenvalue weighted by atomic mass is 9.95. The van der Waals surface area contributed by atoms with Gasteiger partial charge >= 0.3 is 0 Å². The topological polar surface area (TPSA) is 21.3 Å². The second-order valence-corrected chi connectivity index (χ2v) is 5.04. The molecule has 0 atom stereocenters. The van der Waals surface area contributed by atoms with Crippen LogP contribution in [0.4, 0.5) is 0 Å². The van der Waals surface area contributed by atoms with Crippen LogP contribution in [0, 0.1) is 0 Å². The van der Waals surface area contributed by atoms with E-state index in [9.17, 15) is 0 Å². The Bertz CT molecular complexity index is 338. The van der Waals surface area contributed by atoms with E-state index in [0.29, 0.717) is 11.5 Å². The van der Waals surface area contributed by atoms with Gasteiger partial charge in [-0.3, -0.25) is 0 Å². The summed E-state index contributed by atoms with van der Waals surface area (Å²) in [7, 11) is 1.71. The molecular weight excluding hydrogens is 198 g/mol. The smallest absolute Gasteiger partial charge is 0.118 e. The number of hydrogen-bond acceptors (Lipinski definition) is 2. The molecule has 88 valence electrons. The van der Waals surface area contributed by atoms with Crippen LogP contribution < -0.4 is 10.1 Å². The lowest BCUT2D eigenvalue weighted by Gasteiger charge is -2.18. The molecule has 1 aromatic carbocycles. The lowest BCUT2D eigenvalue weighted by molar-refractivity contribution is 0.414. The molecule has 0 aliphatic heterocycles. The molecule has 1 aliphatic carbocycles. The Morgan fingerprint density at radius 1 is 1.25 bits per heavy atom. The number of benzene rings is 1. The minimum Gasteiger partial charge on any atom is -0.497 e. The predicted octanol–water partition coefficient (Wildman–Crippen LogP) is 2.72. The van der Waals surface area contributed by atoms with Crippen molar-refractivity contribution in [2.75, 3.05) is 13.7 Å². The molecule has 0 heterocycles. The van der Waals surface area contributed by atoms with Gasteiger partial charge in [-0.1, -0.05) is 26.0 Å². The first kappa shape index (κ1) is 11.5. The van der Waals surface area contributed by atoms with E-state index in [0.717, 1.165) is 12.3 Å². The van der Waals surface area contributed by atoms with Crippen molar-refractivity contribution in [3.8, 4) is 5.75 Å². The minimum absolute atomic E-state index is 0.399. The van der Waals surface area contributed by atoms with E-state index in [2.05, 4.69) is 43.4 Å². The van der Waals surface area contributed by atoms with E-state index in [1.165, 1.54) is 18.4 Å². The first-order valence-corrected chi connectivity index (χ1v) is 6.04. The van der Waals surface area contributed by atoms with E-state index >= 15 is 0 Å². The van der Waals surface area contributed by atoms with Crippen molar-refractivity contribution in [2.24, 2.45) is 0 Å². The SMILES string of the molecule is COc1ccc(C2(CNC(C)C)CC2)cc1. The molecule has 0 bridgehead atoms. The number of rotatable bonds is 5. The molecule has 0 spiro atoms. The fourth-order valence-corrected chi connectivity index (χ4v) is 2.06. The van der Waals surface area contributed by atoms with Gasteiger partial charge in [0.05, 0.1) is 7.11 Å².